The van der Waals surface area contributed by atoms with Crippen LogP contribution in [0.4, 0.5) is 10.1 Å². The van der Waals surface area contributed by atoms with Crippen molar-refractivity contribution in [1.82, 2.24) is 0 Å². The summed E-state index contributed by atoms with van der Waals surface area (Å²) in [7, 11) is 0. The van der Waals surface area contributed by atoms with Crippen molar-refractivity contribution in [2.75, 3.05) is 4.90 Å². The molecule has 3 nitrogen and oxygen atoms in total. The monoisotopic (exact) mass is 290 g/mol. The van der Waals surface area contributed by atoms with Crippen LogP contribution in [0.15, 0.2) is 48.5 Å². The van der Waals surface area contributed by atoms with Gasteiger partial charge >= 0.3 is 0 Å². The fourth-order valence-electron chi connectivity index (χ4n) is 2.45. The molecule has 2 aromatic carbocycles. The van der Waals surface area contributed by atoms with E-state index in [1.165, 1.54) is 12.1 Å². The third-order valence-electron chi connectivity index (χ3n) is 3.47. The van der Waals surface area contributed by atoms with Crippen LogP contribution in [0.5, 0.6) is 0 Å². The van der Waals surface area contributed by atoms with Crippen LogP contribution >= 0.6 is 11.6 Å². The van der Waals surface area contributed by atoms with E-state index in [9.17, 15) is 9.18 Å². The Bertz CT molecular complexity index is 659. The van der Waals surface area contributed by atoms with Crippen molar-refractivity contribution in [2.45, 2.75) is 12.1 Å². The van der Waals surface area contributed by atoms with Gasteiger partial charge in [0.2, 0.25) is 5.91 Å². The molecule has 1 aliphatic heterocycles. The third-order valence-corrected chi connectivity index (χ3v) is 3.81. The zero-order chi connectivity index (χ0) is 14.3. The quantitative estimate of drug-likeness (QED) is 0.865. The summed E-state index contributed by atoms with van der Waals surface area (Å²) in [6.07, 6.45) is 0. The van der Waals surface area contributed by atoms with Gasteiger partial charge in [-0.15, -0.1) is 0 Å². The Morgan fingerprint density at radius 2 is 1.75 bits per heavy atom. The normalized spacial score (nSPS) is 21.8. The van der Waals surface area contributed by atoms with Gasteiger partial charge in [-0.2, -0.15) is 0 Å². The number of anilines is 1. The van der Waals surface area contributed by atoms with E-state index in [-0.39, 0.29) is 17.8 Å². The minimum absolute atomic E-state index is 0.193. The molecule has 1 fully saturated rings. The zero-order valence-electron chi connectivity index (χ0n) is 10.5. The van der Waals surface area contributed by atoms with E-state index in [0.717, 1.165) is 5.56 Å². The SMILES string of the molecule is N[C@@H]1C(=O)N(c2ccc(F)cc2)[C@@H]1c1ccccc1Cl. The molecule has 0 aliphatic carbocycles. The molecular weight excluding hydrogens is 279 g/mol. The van der Waals surface area contributed by atoms with Crippen LogP contribution in [0.1, 0.15) is 11.6 Å². The van der Waals surface area contributed by atoms with E-state index >= 15 is 0 Å². The Balaban J connectivity index is 2.00. The first kappa shape index (κ1) is 13.1. The maximum atomic E-state index is 13.0. The molecule has 1 aliphatic rings. The first-order chi connectivity index (χ1) is 9.59. The lowest BCUT2D eigenvalue weighted by Crippen LogP contribution is -2.63. The molecule has 0 spiro atoms. The first-order valence-corrected chi connectivity index (χ1v) is 6.56. The van der Waals surface area contributed by atoms with Crippen LogP contribution in [0, 0.1) is 5.82 Å². The molecular formula is C15H12ClFN2O. The summed E-state index contributed by atoms with van der Waals surface area (Å²) >= 11 is 6.17. The lowest BCUT2D eigenvalue weighted by atomic mass is 9.88. The van der Waals surface area contributed by atoms with Gasteiger partial charge in [0.15, 0.2) is 0 Å². The van der Waals surface area contributed by atoms with Crippen LogP contribution in [0.2, 0.25) is 5.02 Å². The number of nitrogens with two attached hydrogens (primary N) is 1. The number of β-lactam (4-membered cyclic amide) rings is 1. The summed E-state index contributed by atoms with van der Waals surface area (Å²) in [4.78, 5) is 13.6. The second-order valence-corrected chi connectivity index (χ2v) is 5.08. The van der Waals surface area contributed by atoms with Gasteiger partial charge in [-0.25, -0.2) is 4.39 Å². The predicted octanol–water partition coefficient (Wildman–Crippen LogP) is 2.89. The summed E-state index contributed by atoms with van der Waals surface area (Å²) in [5, 5.41) is 0.563. The van der Waals surface area contributed by atoms with E-state index in [4.69, 9.17) is 17.3 Å². The number of halogens is 2. The molecule has 1 amide bonds. The lowest BCUT2D eigenvalue weighted by Gasteiger charge is -2.45. The summed E-state index contributed by atoms with van der Waals surface area (Å²) in [5.41, 5.74) is 7.31. The summed E-state index contributed by atoms with van der Waals surface area (Å²) in [5.74, 6) is -0.540. The van der Waals surface area contributed by atoms with E-state index in [0.29, 0.717) is 10.7 Å². The number of carbonyl (C=O) groups excluding carboxylic acids is 1. The molecule has 2 aromatic rings. The maximum absolute atomic E-state index is 13.0. The Morgan fingerprint density at radius 3 is 2.40 bits per heavy atom. The van der Waals surface area contributed by atoms with E-state index < -0.39 is 6.04 Å². The lowest BCUT2D eigenvalue weighted by molar-refractivity contribution is -0.126. The summed E-state index contributed by atoms with van der Waals surface area (Å²) in [6.45, 7) is 0. The van der Waals surface area contributed by atoms with Crippen LogP contribution in [0.25, 0.3) is 0 Å². The van der Waals surface area contributed by atoms with Crippen molar-refractivity contribution < 1.29 is 9.18 Å². The molecule has 0 saturated carbocycles. The van der Waals surface area contributed by atoms with Crippen molar-refractivity contribution in [3.63, 3.8) is 0 Å². The van der Waals surface area contributed by atoms with Gasteiger partial charge in [-0.1, -0.05) is 29.8 Å². The van der Waals surface area contributed by atoms with Gasteiger partial charge in [0.05, 0.1) is 6.04 Å². The fraction of sp³-hybridized carbons (Fsp3) is 0.133. The number of amides is 1. The Kier molecular flexibility index (Phi) is 3.20. The highest BCUT2D eigenvalue weighted by Gasteiger charge is 2.47. The highest BCUT2D eigenvalue weighted by atomic mass is 35.5. The molecule has 102 valence electrons. The van der Waals surface area contributed by atoms with Gasteiger partial charge < -0.3 is 10.6 Å². The number of carbonyl (C=O) groups is 1. The van der Waals surface area contributed by atoms with Crippen molar-refractivity contribution in [3.8, 4) is 0 Å². The van der Waals surface area contributed by atoms with Crippen molar-refractivity contribution in [2.24, 2.45) is 5.73 Å². The Hall–Kier alpha value is -1.91. The molecule has 1 heterocycles. The fourth-order valence-corrected chi connectivity index (χ4v) is 2.70. The molecule has 0 radical (unpaired) electrons. The maximum Gasteiger partial charge on any atom is 0.247 e. The van der Waals surface area contributed by atoms with E-state index in [2.05, 4.69) is 0 Å². The van der Waals surface area contributed by atoms with Crippen LogP contribution in [-0.4, -0.2) is 11.9 Å². The largest absolute Gasteiger partial charge is 0.318 e. The van der Waals surface area contributed by atoms with Crippen LogP contribution < -0.4 is 10.6 Å². The molecule has 2 atom stereocenters. The number of rotatable bonds is 2. The second-order valence-electron chi connectivity index (χ2n) is 4.68. The molecule has 0 aromatic heterocycles. The third kappa shape index (κ3) is 1.97. The Morgan fingerprint density at radius 1 is 1.10 bits per heavy atom. The highest BCUT2D eigenvalue weighted by Crippen LogP contribution is 2.40. The van der Waals surface area contributed by atoms with Crippen molar-refractivity contribution >= 4 is 23.2 Å². The van der Waals surface area contributed by atoms with Gasteiger partial charge in [-0.05, 0) is 35.9 Å². The highest BCUT2D eigenvalue weighted by molar-refractivity contribution is 6.31. The minimum atomic E-state index is -0.625. The van der Waals surface area contributed by atoms with Crippen LogP contribution in [-0.2, 0) is 4.79 Å². The Labute approximate surface area is 120 Å². The van der Waals surface area contributed by atoms with Gasteiger partial charge in [-0.3, -0.25) is 4.79 Å². The molecule has 0 unspecified atom stereocenters. The molecule has 1 saturated heterocycles. The van der Waals surface area contributed by atoms with E-state index in [1.54, 1.807) is 23.1 Å². The first-order valence-electron chi connectivity index (χ1n) is 6.18. The summed E-state index contributed by atoms with van der Waals surface area (Å²) < 4.78 is 13.0. The smallest absolute Gasteiger partial charge is 0.247 e. The summed E-state index contributed by atoms with van der Waals surface area (Å²) in [6, 6.07) is 12.1. The van der Waals surface area contributed by atoms with Gasteiger partial charge in [0.1, 0.15) is 11.9 Å². The second kappa shape index (κ2) is 4.89. The van der Waals surface area contributed by atoms with E-state index in [1.807, 2.05) is 18.2 Å². The number of nitrogens with zero attached hydrogens (tertiary/aromatic N) is 1. The van der Waals surface area contributed by atoms with Crippen LogP contribution in [0.3, 0.4) is 0 Å². The minimum Gasteiger partial charge on any atom is -0.318 e. The van der Waals surface area contributed by atoms with Crippen molar-refractivity contribution in [1.29, 1.82) is 0 Å². The van der Waals surface area contributed by atoms with Crippen molar-refractivity contribution in [3.05, 3.63) is 64.9 Å². The number of hydrogen-bond acceptors (Lipinski definition) is 2. The topological polar surface area (TPSA) is 46.3 Å². The molecule has 2 N–H and O–H groups in total. The van der Waals surface area contributed by atoms with Gasteiger partial charge in [0.25, 0.3) is 0 Å². The zero-order valence-corrected chi connectivity index (χ0v) is 11.2. The average Bonchev–Trinajstić information content (AvgIpc) is 2.46. The molecule has 5 heteroatoms. The molecule has 3 rings (SSSR count). The number of hydrogen-bond donors (Lipinski definition) is 1. The average molecular weight is 291 g/mol. The number of benzene rings is 2. The molecule has 20 heavy (non-hydrogen) atoms. The standard InChI is InChI=1S/C15H12ClFN2O/c16-12-4-2-1-3-11(12)14-13(18)15(20)19(14)10-7-5-9(17)6-8-10/h1-8,13-14H,18H2/t13-,14+/m0/s1. The predicted molar refractivity (Wildman–Crippen MR) is 76.1 cm³/mol. The molecule has 0 bridgehead atoms. The van der Waals surface area contributed by atoms with Gasteiger partial charge in [0, 0.05) is 10.7 Å².